The van der Waals surface area contributed by atoms with Crippen molar-refractivity contribution in [2.24, 2.45) is 11.8 Å². The van der Waals surface area contributed by atoms with E-state index < -0.39 is 0 Å². The van der Waals surface area contributed by atoms with Gasteiger partial charge in [0.2, 0.25) is 0 Å². The molecule has 0 unspecified atom stereocenters. The number of benzene rings is 1. The molecule has 2 aromatic rings. The summed E-state index contributed by atoms with van der Waals surface area (Å²) in [6.45, 7) is 2.30. The van der Waals surface area contributed by atoms with E-state index in [9.17, 15) is 9.18 Å². The van der Waals surface area contributed by atoms with Crippen LogP contribution >= 0.6 is 0 Å². The maximum atomic E-state index is 13.9. The lowest BCUT2D eigenvalue weighted by Gasteiger charge is -2.32. The van der Waals surface area contributed by atoms with Crippen molar-refractivity contribution in [1.82, 2.24) is 19.8 Å². The largest absolute Gasteiger partial charge is 0.356 e. The van der Waals surface area contributed by atoms with Gasteiger partial charge in [-0.25, -0.2) is 19.2 Å². The maximum Gasteiger partial charge on any atom is 0.320 e. The van der Waals surface area contributed by atoms with Gasteiger partial charge >= 0.3 is 6.03 Å². The van der Waals surface area contributed by atoms with E-state index in [1.165, 1.54) is 6.07 Å². The minimum Gasteiger partial charge on any atom is -0.356 e. The molecule has 0 bridgehead atoms. The van der Waals surface area contributed by atoms with E-state index in [1.54, 1.807) is 43.7 Å². The minimum atomic E-state index is -0.270. The Morgan fingerprint density at radius 2 is 2.08 bits per heavy atom. The standard InChI is InChI=1S/C19H22FN5O/c1-23(2)19(26)25-10-14-9-24(17-6-7-21-12-22-17)11-16(14)18(25)13-4-3-5-15(20)8-13/h3-8,12,14,16,18H,9-11H2,1-2H3/t14-,16-,18-/m1/s1. The van der Waals surface area contributed by atoms with Crippen LogP contribution in [0.3, 0.4) is 0 Å². The van der Waals surface area contributed by atoms with Gasteiger partial charge in [0.15, 0.2) is 0 Å². The molecule has 0 aliphatic carbocycles. The summed E-state index contributed by atoms with van der Waals surface area (Å²) in [7, 11) is 3.51. The van der Waals surface area contributed by atoms with Crippen LogP contribution in [-0.2, 0) is 0 Å². The SMILES string of the molecule is CN(C)C(=O)N1C[C@H]2CN(c3ccncn3)C[C@H]2[C@H]1c1cccc(F)c1. The Labute approximate surface area is 152 Å². The third kappa shape index (κ3) is 2.87. The summed E-state index contributed by atoms with van der Waals surface area (Å²) in [6, 6.07) is 8.37. The van der Waals surface area contributed by atoms with Crippen LogP contribution < -0.4 is 4.90 Å². The van der Waals surface area contributed by atoms with E-state index in [1.807, 2.05) is 17.0 Å². The molecule has 2 fully saturated rings. The molecule has 26 heavy (non-hydrogen) atoms. The van der Waals surface area contributed by atoms with Gasteiger partial charge in [-0.05, 0) is 23.8 Å². The zero-order valence-corrected chi connectivity index (χ0v) is 14.9. The molecule has 7 heteroatoms. The molecule has 6 nitrogen and oxygen atoms in total. The Bertz CT molecular complexity index is 800. The smallest absolute Gasteiger partial charge is 0.320 e. The molecule has 3 heterocycles. The Morgan fingerprint density at radius 3 is 2.77 bits per heavy atom. The van der Waals surface area contributed by atoms with Gasteiger partial charge in [-0.15, -0.1) is 0 Å². The Balaban J connectivity index is 1.65. The molecule has 3 atom stereocenters. The van der Waals surface area contributed by atoms with E-state index in [4.69, 9.17) is 0 Å². The number of urea groups is 1. The number of hydrogen-bond acceptors (Lipinski definition) is 4. The lowest BCUT2D eigenvalue weighted by atomic mass is 9.89. The second kappa shape index (κ2) is 6.55. The van der Waals surface area contributed by atoms with Crippen LogP contribution in [0.4, 0.5) is 15.0 Å². The number of likely N-dealkylation sites (tertiary alicyclic amines) is 1. The number of rotatable bonds is 2. The third-order valence-electron chi connectivity index (χ3n) is 5.37. The normalized spacial score (nSPS) is 24.7. The summed E-state index contributed by atoms with van der Waals surface area (Å²) < 4.78 is 13.9. The fourth-order valence-corrected chi connectivity index (χ4v) is 4.27. The van der Waals surface area contributed by atoms with Gasteiger partial charge in [-0.1, -0.05) is 12.1 Å². The van der Waals surface area contributed by atoms with Crippen LogP contribution in [0.5, 0.6) is 0 Å². The zero-order chi connectivity index (χ0) is 18.3. The monoisotopic (exact) mass is 355 g/mol. The summed E-state index contributed by atoms with van der Waals surface area (Å²) in [6.07, 6.45) is 3.29. The van der Waals surface area contributed by atoms with Gasteiger partial charge in [-0.3, -0.25) is 0 Å². The second-order valence-corrected chi connectivity index (χ2v) is 7.23. The molecule has 0 N–H and O–H groups in total. The van der Waals surface area contributed by atoms with Gasteiger partial charge in [0.1, 0.15) is 18.0 Å². The number of carbonyl (C=O) groups excluding carboxylic acids is 1. The van der Waals surface area contributed by atoms with E-state index >= 15 is 0 Å². The van der Waals surface area contributed by atoms with Crippen molar-refractivity contribution in [2.45, 2.75) is 6.04 Å². The summed E-state index contributed by atoms with van der Waals surface area (Å²) in [5, 5.41) is 0. The highest BCUT2D eigenvalue weighted by Gasteiger charge is 2.49. The molecule has 2 aliphatic rings. The van der Waals surface area contributed by atoms with Crippen LogP contribution in [0.2, 0.25) is 0 Å². The number of nitrogens with zero attached hydrogens (tertiary/aromatic N) is 5. The molecule has 4 rings (SSSR count). The lowest BCUT2D eigenvalue weighted by molar-refractivity contribution is 0.159. The van der Waals surface area contributed by atoms with Crippen LogP contribution in [0.1, 0.15) is 11.6 Å². The number of amides is 2. The first-order valence-corrected chi connectivity index (χ1v) is 8.79. The van der Waals surface area contributed by atoms with Gasteiger partial charge in [-0.2, -0.15) is 0 Å². The molecule has 0 radical (unpaired) electrons. The molecule has 1 aromatic heterocycles. The highest BCUT2D eigenvalue weighted by Crippen LogP contribution is 2.46. The third-order valence-corrected chi connectivity index (χ3v) is 5.37. The molecule has 0 saturated carbocycles. The van der Waals surface area contributed by atoms with Crippen LogP contribution in [0.15, 0.2) is 42.9 Å². The molecule has 2 amide bonds. The number of carbonyl (C=O) groups is 1. The molecule has 0 spiro atoms. The minimum absolute atomic E-state index is 0.0257. The molecule has 2 aliphatic heterocycles. The zero-order valence-electron chi connectivity index (χ0n) is 14.9. The lowest BCUT2D eigenvalue weighted by Crippen LogP contribution is -2.41. The predicted molar refractivity (Wildman–Crippen MR) is 96.2 cm³/mol. The highest BCUT2D eigenvalue weighted by molar-refractivity contribution is 5.75. The van der Waals surface area contributed by atoms with Crippen molar-refractivity contribution in [3.63, 3.8) is 0 Å². The van der Waals surface area contributed by atoms with Crippen molar-refractivity contribution >= 4 is 11.8 Å². The summed E-state index contributed by atoms with van der Waals surface area (Å²) in [5.41, 5.74) is 0.859. The Morgan fingerprint density at radius 1 is 1.23 bits per heavy atom. The highest BCUT2D eigenvalue weighted by atomic mass is 19.1. The van der Waals surface area contributed by atoms with Gasteiger partial charge in [0.05, 0.1) is 6.04 Å². The topological polar surface area (TPSA) is 52.6 Å². The second-order valence-electron chi connectivity index (χ2n) is 7.23. The molecule has 2 saturated heterocycles. The first-order valence-electron chi connectivity index (χ1n) is 8.79. The van der Waals surface area contributed by atoms with Crippen molar-refractivity contribution in [3.8, 4) is 0 Å². The fourth-order valence-electron chi connectivity index (χ4n) is 4.27. The first kappa shape index (κ1) is 16.8. The average molecular weight is 355 g/mol. The van der Waals surface area contributed by atoms with Crippen LogP contribution in [0, 0.1) is 17.7 Å². The quantitative estimate of drug-likeness (QED) is 0.830. The van der Waals surface area contributed by atoms with E-state index in [-0.39, 0.29) is 23.8 Å². The van der Waals surface area contributed by atoms with Crippen LogP contribution in [0.25, 0.3) is 0 Å². The average Bonchev–Trinajstić information content (AvgIpc) is 3.19. The predicted octanol–water partition coefficient (Wildman–Crippen LogP) is 2.41. The summed E-state index contributed by atoms with van der Waals surface area (Å²) in [4.78, 5) is 26.8. The maximum absolute atomic E-state index is 13.9. The summed E-state index contributed by atoms with van der Waals surface area (Å²) in [5.74, 6) is 1.21. The molecular formula is C19H22FN5O. The molecule has 136 valence electrons. The Kier molecular flexibility index (Phi) is 4.22. The van der Waals surface area contributed by atoms with Gasteiger partial charge in [0, 0.05) is 51.8 Å². The number of aromatic nitrogens is 2. The fraction of sp³-hybridized carbons (Fsp3) is 0.421. The van der Waals surface area contributed by atoms with Crippen molar-refractivity contribution in [3.05, 3.63) is 54.2 Å². The van der Waals surface area contributed by atoms with E-state index in [0.717, 1.165) is 24.5 Å². The van der Waals surface area contributed by atoms with Crippen molar-refractivity contribution in [2.75, 3.05) is 38.6 Å². The van der Waals surface area contributed by atoms with Crippen molar-refractivity contribution in [1.29, 1.82) is 0 Å². The number of fused-ring (bicyclic) bond motifs is 1. The molecule has 1 aromatic carbocycles. The van der Waals surface area contributed by atoms with E-state index in [2.05, 4.69) is 14.9 Å². The van der Waals surface area contributed by atoms with Crippen molar-refractivity contribution < 1.29 is 9.18 Å². The summed E-state index contributed by atoms with van der Waals surface area (Å²) >= 11 is 0. The number of halogens is 1. The van der Waals surface area contributed by atoms with Gasteiger partial charge in [0.25, 0.3) is 0 Å². The first-order chi connectivity index (χ1) is 12.5. The number of hydrogen-bond donors (Lipinski definition) is 0. The Hall–Kier alpha value is -2.70. The van der Waals surface area contributed by atoms with E-state index in [0.29, 0.717) is 12.5 Å². The van der Waals surface area contributed by atoms with Gasteiger partial charge < -0.3 is 14.7 Å². The molecular weight excluding hydrogens is 333 g/mol. The van der Waals surface area contributed by atoms with Crippen LogP contribution in [-0.4, -0.2) is 59.5 Å². The number of anilines is 1.